The minimum atomic E-state index is -0.416. The van der Waals surface area contributed by atoms with Crippen molar-refractivity contribution >= 4 is 34.4 Å². The zero-order valence-corrected chi connectivity index (χ0v) is 12.9. The maximum atomic E-state index is 12.6. The molecule has 4 aromatic heterocycles. The van der Waals surface area contributed by atoms with Gasteiger partial charge in [0.25, 0.3) is 5.91 Å². The molecule has 2 N–H and O–H groups in total. The minimum absolute atomic E-state index is 0.204. The van der Waals surface area contributed by atoms with Crippen molar-refractivity contribution in [3.63, 3.8) is 0 Å². The summed E-state index contributed by atoms with van der Waals surface area (Å²) in [5.41, 5.74) is 1.37. The molecular weight excluding hydrogens is 330 g/mol. The molecule has 8 nitrogen and oxygen atoms in total. The molecule has 0 atom stereocenters. The average Bonchev–Trinajstić information content (AvgIpc) is 3.25. The lowest BCUT2D eigenvalue weighted by molar-refractivity contribution is 0.102. The van der Waals surface area contributed by atoms with Gasteiger partial charge in [0.1, 0.15) is 12.1 Å². The van der Waals surface area contributed by atoms with Crippen LogP contribution in [-0.2, 0) is 0 Å². The Morgan fingerprint density at radius 1 is 1.25 bits per heavy atom. The van der Waals surface area contributed by atoms with E-state index in [4.69, 9.17) is 11.6 Å². The first-order chi connectivity index (χ1) is 11.7. The fourth-order valence-corrected chi connectivity index (χ4v) is 2.40. The number of H-pyrrole nitrogens is 1. The first kappa shape index (κ1) is 14.3. The van der Waals surface area contributed by atoms with Gasteiger partial charge < -0.3 is 10.3 Å². The number of carbonyl (C=O) groups excluding carboxylic acids is 1. The molecule has 4 aromatic rings. The van der Waals surface area contributed by atoms with Crippen LogP contribution in [0.2, 0.25) is 5.02 Å². The molecule has 4 rings (SSSR count). The Bertz CT molecular complexity index is 1030. The number of hydrogen-bond acceptors (Lipinski definition) is 5. The van der Waals surface area contributed by atoms with Crippen molar-refractivity contribution in [3.05, 3.63) is 60.0 Å². The largest absolute Gasteiger partial charge is 0.358 e. The fraction of sp³-hybridized carbons (Fsp3) is 0. The Morgan fingerprint density at radius 2 is 2.17 bits per heavy atom. The smallest absolute Gasteiger partial charge is 0.277 e. The number of carbonyl (C=O) groups is 1. The Morgan fingerprint density at radius 3 is 2.96 bits per heavy atom. The average molecular weight is 340 g/mol. The Hall–Kier alpha value is -3.26. The number of rotatable bonds is 3. The van der Waals surface area contributed by atoms with Gasteiger partial charge >= 0.3 is 0 Å². The summed E-state index contributed by atoms with van der Waals surface area (Å²) in [6.07, 6.45) is 8.09. The highest BCUT2D eigenvalue weighted by Gasteiger charge is 2.17. The van der Waals surface area contributed by atoms with E-state index < -0.39 is 5.91 Å². The van der Waals surface area contributed by atoms with Gasteiger partial charge in [-0.3, -0.25) is 9.36 Å². The number of imidazole rings is 1. The summed E-state index contributed by atoms with van der Waals surface area (Å²) in [4.78, 5) is 32.4. The van der Waals surface area contributed by atoms with Crippen molar-refractivity contribution in [1.82, 2.24) is 29.5 Å². The number of hydrogen-bond donors (Lipinski definition) is 2. The van der Waals surface area contributed by atoms with Crippen molar-refractivity contribution in [2.75, 3.05) is 5.32 Å². The third-order valence-electron chi connectivity index (χ3n) is 3.31. The van der Waals surface area contributed by atoms with Crippen LogP contribution >= 0.6 is 11.6 Å². The van der Waals surface area contributed by atoms with Crippen LogP contribution in [0.3, 0.4) is 0 Å². The monoisotopic (exact) mass is 339 g/mol. The quantitative estimate of drug-likeness (QED) is 0.597. The number of fused-ring (bicyclic) bond motifs is 1. The topological polar surface area (TPSA) is 101 Å². The van der Waals surface area contributed by atoms with E-state index in [2.05, 4.69) is 30.2 Å². The molecule has 0 aromatic carbocycles. The molecule has 0 saturated carbocycles. The van der Waals surface area contributed by atoms with Crippen LogP contribution in [0.25, 0.3) is 17.0 Å². The molecule has 0 unspecified atom stereocenters. The summed E-state index contributed by atoms with van der Waals surface area (Å²) in [5.74, 6) is 0.278. The van der Waals surface area contributed by atoms with Gasteiger partial charge in [0, 0.05) is 29.8 Å². The van der Waals surface area contributed by atoms with Crippen LogP contribution in [0.5, 0.6) is 0 Å². The number of aromatic nitrogens is 6. The molecule has 0 aliphatic rings. The summed E-state index contributed by atoms with van der Waals surface area (Å²) in [7, 11) is 0. The number of anilines is 1. The van der Waals surface area contributed by atoms with Gasteiger partial charge in [-0.05, 0) is 18.2 Å². The summed E-state index contributed by atoms with van der Waals surface area (Å²) in [5, 5.41) is 3.16. The molecule has 9 heteroatoms. The normalized spacial score (nSPS) is 10.9. The van der Waals surface area contributed by atoms with Crippen molar-refractivity contribution < 1.29 is 4.79 Å². The maximum Gasteiger partial charge on any atom is 0.277 e. The minimum Gasteiger partial charge on any atom is -0.358 e. The number of nitrogens with zero attached hydrogens (tertiary/aromatic N) is 5. The lowest BCUT2D eigenvalue weighted by Gasteiger charge is -2.07. The zero-order chi connectivity index (χ0) is 16.5. The van der Waals surface area contributed by atoms with E-state index >= 15 is 0 Å². The molecular formula is C15H10ClN7O. The lowest BCUT2D eigenvalue weighted by atomic mass is 10.3. The number of amides is 1. The Labute approximate surface area is 140 Å². The standard InChI is InChI=1S/C15H10ClN7O/c16-9-1-3-18-11(7-9)21-14(24)13-12-10(2-4-19-12)20-15(22-13)23-6-5-17-8-23/h1-8,19H,(H,18,21,24). The van der Waals surface area contributed by atoms with Crippen LogP contribution in [0.15, 0.2) is 49.3 Å². The molecule has 0 bridgehead atoms. The molecule has 0 saturated heterocycles. The highest BCUT2D eigenvalue weighted by Crippen LogP contribution is 2.18. The van der Waals surface area contributed by atoms with Gasteiger partial charge in [-0.15, -0.1) is 0 Å². The molecule has 0 fully saturated rings. The van der Waals surface area contributed by atoms with Crippen LogP contribution < -0.4 is 5.32 Å². The molecule has 118 valence electrons. The SMILES string of the molecule is O=C(Nc1cc(Cl)ccn1)c1nc(-n2ccnc2)nc2cc[nH]c12. The molecule has 0 aliphatic carbocycles. The van der Waals surface area contributed by atoms with E-state index in [0.29, 0.717) is 27.8 Å². The van der Waals surface area contributed by atoms with Crippen LogP contribution in [0, 0.1) is 0 Å². The van der Waals surface area contributed by atoms with E-state index in [9.17, 15) is 4.79 Å². The first-order valence-electron chi connectivity index (χ1n) is 6.97. The second-order valence-electron chi connectivity index (χ2n) is 4.89. The van der Waals surface area contributed by atoms with Crippen LogP contribution in [0.4, 0.5) is 5.82 Å². The van der Waals surface area contributed by atoms with E-state index in [1.54, 1.807) is 47.7 Å². The number of halogens is 1. The molecule has 0 spiro atoms. The summed E-state index contributed by atoms with van der Waals surface area (Å²) < 4.78 is 1.63. The van der Waals surface area contributed by atoms with Crippen molar-refractivity contribution in [1.29, 1.82) is 0 Å². The predicted octanol–water partition coefficient (Wildman–Crippen LogP) is 2.44. The van der Waals surface area contributed by atoms with Gasteiger partial charge in [0.2, 0.25) is 5.95 Å². The van der Waals surface area contributed by atoms with Gasteiger partial charge in [-0.25, -0.2) is 19.9 Å². The molecule has 0 aliphatic heterocycles. The number of pyridine rings is 1. The van der Waals surface area contributed by atoms with E-state index in [0.717, 1.165) is 0 Å². The molecule has 0 radical (unpaired) electrons. The summed E-state index contributed by atoms with van der Waals surface area (Å²) in [6, 6.07) is 4.96. The fourth-order valence-electron chi connectivity index (χ4n) is 2.24. The van der Waals surface area contributed by atoms with Gasteiger partial charge in [0.05, 0.1) is 11.0 Å². The van der Waals surface area contributed by atoms with E-state index in [-0.39, 0.29) is 5.69 Å². The molecule has 4 heterocycles. The number of aromatic amines is 1. The van der Waals surface area contributed by atoms with Gasteiger partial charge in [-0.2, -0.15) is 0 Å². The third-order valence-corrected chi connectivity index (χ3v) is 3.54. The highest BCUT2D eigenvalue weighted by atomic mass is 35.5. The van der Waals surface area contributed by atoms with Crippen LogP contribution in [-0.4, -0.2) is 35.4 Å². The third kappa shape index (κ3) is 2.59. The van der Waals surface area contributed by atoms with E-state index in [1.165, 1.54) is 6.20 Å². The summed E-state index contributed by atoms with van der Waals surface area (Å²) in [6.45, 7) is 0. The van der Waals surface area contributed by atoms with Gasteiger partial charge in [0.15, 0.2) is 5.69 Å². The summed E-state index contributed by atoms with van der Waals surface area (Å²) >= 11 is 5.91. The highest BCUT2D eigenvalue weighted by molar-refractivity contribution is 6.30. The van der Waals surface area contributed by atoms with E-state index in [1.807, 2.05) is 0 Å². The molecule has 1 amide bonds. The zero-order valence-electron chi connectivity index (χ0n) is 12.1. The second-order valence-corrected chi connectivity index (χ2v) is 5.33. The number of nitrogens with one attached hydrogen (secondary N) is 2. The molecule has 24 heavy (non-hydrogen) atoms. The van der Waals surface area contributed by atoms with Crippen molar-refractivity contribution in [2.24, 2.45) is 0 Å². The van der Waals surface area contributed by atoms with Crippen LogP contribution in [0.1, 0.15) is 10.5 Å². The second kappa shape index (κ2) is 5.74. The maximum absolute atomic E-state index is 12.6. The predicted molar refractivity (Wildman–Crippen MR) is 88.2 cm³/mol. The van der Waals surface area contributed by atoms with Crippen molar-refractivity contribution in [2.45, 2.75) is 0 Å². The van der Waals surface area contributed by atoms with Crippen molar-refractivity contribution in [3.8, 4) is 5.95 Å². The Kier molecular flexibility index (Phi) is 3.43. The first-order valence-corrected chi connectivity index (χ1v) is 7.35. The van der Waals surface area contributed by atoms with Gasteiger partial charge in [-0.1, -0.05) is 11.6 Å². The lowest BCUT2D eigenvalue weighted by Crippen LogP contribution is -2.17. The Balaban J connectivity index is 1.77.